The number of carbonyl (C=O) groups is 1. The van der Waals surface area contributed by atoms with Gasteiger partial charge >= 0.3 is 5.97 Å². The van der Waals surface area contributed by atoms with Crippen LogP contribution < -0.4 is 5.32 Å². The maximum Gasteiger partial charge on any atom is 0.341 e. The number of hydrogen-bond acceptors (Lipinski definition) is 5. The van der Waals surface area contributed by atoms with Gasteiger partial charge in [-0.25, -0.2) is 19.7 Å². The van der Waals surface area contributed by atoms with Crippen LogP contribution in [0.15, 0.2) is 30.6 Å². The second-order valence-electron chi connectivity index (χ2n) is 3.32. The van der Waals surface area contributed by atoms with E-state index >= 15 is 0 Å². The molecule has 0 amide bonds. The van der Waals surface area contributed by atoms with Crippen LogP contribution in [0.2, 0.25) is 0 Å². The number of aromatic nitrogens is 3. The molecule has 0 fully saturated rings. The maximum absolute atomic E-state index is 11.0. The minimum absolute atomic E-state index is 0.0150. The third-order valence-electron chi connectivity index (χ3n) is 2.05. The zero-order valence-electron chi connectivity index (χ0n) is 9.08. The Morgan fingerprint density at radius 2 is 2.18 bits per heavy atom. The second kappa shape index (κ2) is 4.56. The molecule has 0 saturated heterocycles. The lowest BCUT2D eigenvalue weighted by Gasteiger charge is -2.07. The average Bonchev–Trinajstić information content (AvgIpc) is 2.30. The van der Waals surface area contributed by atoms with Gasteiger partial charge in [0.2, 0.25) is 0 Å². The van der Waals surface area contributed by atoms with Crippen LogP contribution in [0.1, 0.15) is 16.2 Å². The Labute approximate surface area is 97.4 Å². The van der Waals surface area contributed by atoms with Crippen molar-refractivity contribution < 1.29 is 9.90 Å². The summed E-state index contributed by atoms with van der Waals surface area (Å²) in [5.74, 6) is 0.189. The third kappa shape index (κ3) is 2.54. The van der Waals surface area contributed by atoms with E-state index in [1.165, 1.54) is 6.20 Å². The van der Waals surface area contributed by atoms with Crippen LogP contribution in [0.5, 0.6) is 0 Å². The minimum Gasteiger partial charge on any atom is -0.477 e. The summed E-state index contributed by atoms with van der Waals surface area (Å²) in [6.07, 6.45) is 2.88. The molecule has 2 rings (SSSR count). The van der Waals surface area contributed by atoms with E-state index in [9.17, 15) is 4.79 Å². The summed E-state index contributed by atoms with van der Waals surface area (Å²) >= 11 is 0. The van der Waals surface area contributed by atoms with E-state index in [0.717, 1.165) is 0 Å². The van der Waals surface area contributed by atoms with Crippen LogP contribution in [-0.2, 0) is 0 Å². The highest BCUT2D eigenvalue weighted by molar-refractivity contribution is 5.93. The van der Waals surface area contributed by atoms with Gasteiger partial charge in [-0.15, -0.1) is 0 Å². The van der Waals surface area contributed by atoms with Crippen molar-refractivity contribution in [3.63, 3.8) is 0 Å². The lowest BCUT2D eigenvalue weighted by molar-refractivity contribution is 0.0697. The molecule has 6 nitrogen and oxygen atoms in total. The van der Waals surface area contributed by atoms with Crippen molar-refractivity contribution >= 4 is 17.6 Å². The predicted molar refractivity (Wildman–Crippen MR) is 61.2 cm³/mol. The van der Waals surface area contributed by atoms with E-state index in [1.54, 1.807) is 31.3 Å². The Bertz CT molecular complexity index is 542. The summed E-state index contributed by atoms with van der Waals surface area (Å²) in [4.78, 5) is 22.9. The molecule has 0 unspecified atom stereocenters. The van der Waals surface area contributed by atoms with E-state index in [1.807, 2.05) is 0 Å². The van der Waals surface area contributed by atoms with Gasteiger partial charge in [-0.3, -0.25) is 0 Å². The van der Waals surface area contributed by atoms with E-state index in [-0.39, 0.29) is 11.4 Å². The molecule has 0 spiro atoms. The fourth-order valence-electron chi connectivity index (χ4n) is 1.28. The molecule has 0 aliphatic carbocycles. The summed E-state index contributed by atoms with van der Waals surface area (Å²) in [6, 6.07) is 5.29. The molecule has 6 heteroatoms. The smallest absolute Gasteiger partial charge is 0.341 e. The maximum atomic E-state index is 11.0. The van der Waals surface area contributed by atoms with Crippen LogP contribution in [-0.4, -0.2) is 26.0 Å². The van der Waals surface area contributed by atoms with Crippen molar-refractivity contribution in [3.8, 4) is 0 Å². The Hall–Kier alpha value is -2.50. The first kappa shape index (κ1) is 11.0. The third-order valence-corrected chi connectivity index (χ3v) is 2.05. The lowest BCUT2D eigenvalue weighted by atomic mass is 10.3. The summed E-state index contributed by atoms with van der Waals surface area (Å²) in [7, 11) is 0. The average molecular weight is 230 g/mol. The fourth-order valence-corrected chi connectivity index (χ4v) is 1.28. The largest absolute Gasteiger partial charge is 0.477 e. The van der Waals surface area contributed by atoms with Gasteiger partial charge in [0, 0.05) is 12.4 Å². The molecule has 0 aliphatic rings. The number of nitrogens with one attached hydrogen (secondary N) is 1. The molecule has 0 bridgehead atoms. The SMILES string of the molecule is Cc1ncc(C(=O)O)c(Nc2ccccn2)n1. The number of pyridine rings is 1. The van der Waals surface area contributed by atoms with Gasteiger partial charge in [-0.1, -0.05) is 6.07 Å². The zero-order valence-corrected chi connectivity index (χ0v) is 9.08. The van der Waals surface area contributed by atoms with Gasteiger partial charge in [0.05, 0.1) is 0 Å². The summed E-state index contributed by atoms with van der Waals surface area (Å²) in [5, 5.41) is 11.8. The summed E-state index contributed by atoms with van der Waals surface area (Å²) in [6.45, 7) is 1.69. The number of nitrogens with zero attached hydrogens (tertiary/aromatic N) is 3. The molecule has 2 aromatic rings. The van der Waals surface area contributed by atoms with E-state index < -0.39 is 5.97 Å². The van der Waals surface area contributed by atoms with Gasteiger partial charge in [0.1, 0.15) is 23.0 Å². The van der Waals surface area contributed by atoms with Crippen molar-refractivity contribution in [2.24, 2.45) is 0 Å². The van der Waals surface area contributed by atoms with Crippen molar-refractivity contribution in [1.29, 1.82) is 0 Å². The Kier molecular flexibility index (Phi) is 2.95. The number of hydrogen-bond donors (Lipinski definition) is 2. The van der Waals surface area contributed by atoms with E-state index in [4.69, 9.17) is 5.11 Å². The van der Waals surface area contributed by atoms with Crippen molar-refractivity contribution in [1.82, 2.24) is 15.0 Å². The normalized spacial score (nSPS) is 9.94. The molecule has 17 heavy (non-hydrogen) atoms. The quantitative estimate of drug-likeness (QED) is 0.833. The molecule has 2 N–H and O–H groups in total. The van der Waals surface area contributed by atoms with Crippen LogP contribution in [0.4, 0.5) is 11.6 Å². The highest BCUT2D eigenvalue weighted by Gasteiger charge is 2.12. The van der Waals surface area contributed by atoms with Gasteiger partial charge in [0.25, 0.3) is 0 Å². The highest BCUT2D eigenvalue weighted by Crippen LogP contribution is 2.16. The summed E-state index contributed by atoms with van der Waals surface area (Å²) in [5.41, 5.74) is 0.0150. The number of aryl methyl sites for hydroxylation is 1. The van der Waals surface area contributed by atoms with Crippen molar-refractivity contribution in [3.05, 3.63) is 42.0 Å². The minimum atomic E-state index is -1.08. The van der Waals surface area contributed by atoms with Gasteiger partial charge in [-0.05, 0) is 19.1 Å². The first-order valence-electron chi connectivity index (χ1n) is 4.92. The van der Waals surface area contributed by atoms with Crippen molar-refractivity contribution in [2.75, 3.05) is 5.32 Å². The molecule has 2 heterocycles. The summed E-state index contributed by atoms with van der Waals surface area (Å²) < 4.78 is 0. The Balaban J connectivity index is 2.37. The first-order valence-corrected chi connectivity index (χ1v) is 4.92. The second-order valence-corrected chi connectivity index (χ2v) is 3.32. The molecule has 2 aromatic heterocycles. The number of aromatic carboxylic acids is 1. The molecule has 0 aromatic carbocycles. The Morgan fingerprint density at radius 1 is 1.35 bits per heavy atom. The van der Waals surface area contributed by atoms with Crippen LogP contribution in [0, 0.1) is 6.92 Å². The van der Waals surface area contributed by atoms with Crippen LogP contribution in [0.3, 0.4) is 0 Å². The highest BCUT2D eigenvalue weighted by atomic mass is 16.4. The van der Waals surface area contributed by atoms with Gasteiger partial charge in [-0.2, -0.15) is 0 Å². The monoisotopic (exact) mass is 230 g/mol. The number of anilines is 2. The standard InChI is InChI=1S/C11H10N4O2/c1-7-13-6-8(11(16)17)10(14-7)15-9-4-2-3-5-12-9/h2-6H,1H3,(H,16,17)(H,12,13,14,15). The molecule has 0 aliphatic heterocycles. The lowest BCUT2D eigenvalue weighted by Crippen LogP contribution is -2.07. The molecular weight excluding hydrogens is 220 g/mol. The van der Waals surface area contributed by atoms with Crippen LogP contribution >= 0.6 is 0 Å². The van der Waals surface area contributed by atoms with Gasteiger partial charge < -0.3 is 10.4 Å². The topological polar surface area (TPSA) is 88.0 Å². The molecular formula is C11H10N4O2. The molecule has 0 saturated carbocycles. The van der Waals surface area contributed by atoms with Crippen molar-refractivity contribution in [2.45, 2.75) is 6.92 Å². The van der Waals surface area contributed by atoms with E-state index in [2.05, 4.69) is 20.3 Å². The molecule has 0 atom stereocenters. The first-order chi connectivity index (χ1) is 8.16. The molecule has 0 radical (unpaired) electrons. The molecule has 86 valence electrons. The zero-order chi connectivity index (χ0) is 12.3. The number of rotatable bonds is 3. The number of carboxylic acids is 1. The predicted octanol–water partition coefficient (Wildman–Crippen LogP) is 1.62. The fraction of sp³-hybridized carbons (Fsp3) is 0.0909. The number of carboxylic acid groups (broad SMARTS) is 1. The van der Waals surface area contributed by atoms with Gasteiger partial charge in [0.15, 0.2) is 0 Å². The van der Waals surface area contributed by atoms with Crippen LogP contribution in [0.25, 0.3) is 0 Å². The Morgan fingerprint density at radius 3 is 2.82 bits per heavy atom. The van der Waals surface area contributed by atoms with E-state index in [0.29, 0.717) is 11.6 Å².